The van der Waals surface area contributed by atoms with E-state index in [2.05, 4.69) is 32.4 Å². The Bertz CT molecular complexity index is 1160. The lowest BCUT2D eigenvalue weighted by Crippen LogP contribution is -2.40. The number of likely N-dealkylation sites (N-methyl/N-ethyl adjacent to an activating group) is 1. The summed E-state index contributed by atoms with van der Waals surface area (Å²) < 4.78 is 14.7. The van der Waals surface area contributed by atoms with Gasteiger partial charge in [0.05, 0.1) is 0 Å². The van der Waals surface area contributed by atoms with Gasteiger partial charge in [-0.2, -0.15) is 0 Å². The molecular weight excluding hydrogens is 373 g/mol. The molecule has 0 saturated carbocycles. The van der Waals surface area contributed by atoms with Gasteiger partial charge < -0.3 is 10.2 Å². The van der Waals surface area contributed by atoms with Crippen molar-refractivity contribution in [3.63, 3.8) is 0 Å². The van der Waals surface area contributed by atoms with Crippen molar-refractivity contribution in [1.82, 2.24) is 20.1 Å². The van der Waals surface area contributed by atoms with Crippen molar-refractivity contribution in [2.75, 3.05) is 25.5 Å². The summed E-state index contributed by atoms with van der Waals surface area (Å²) in [6.07, 6.45) is 5.91. The number of aromatic nitrogens is 3. The van der Waals surface area contributed by atoms with Crippen molar-refractivity contribution in [3.8, 4) is 11.3 Å². The molecule has 1 aliphatic heterocycles. The molecule has 1 saturated heterocycles. The molecule has 1 N–H and O–H groups in total. The molecule has 0 spiro atoms. The van der Waals surface area contributed by atoms with Gasteiger partial charge in [-0.25, -0.2) is 4.39 Å². The fourth-order valence-corrected chi connectivity index (χ4v) is 4.78. The van der Waals surface area contributed by atoms with Crippen molar-refractivity contribution in [2.45, 2.75) is 18.9 Å². The van der Waals surface area contributed by atoms with E-state index in [1.807, 2.05) is 30.5 Å². The van der Waals surface area contributed by atoms with Crippen LogP contribution in [0.5, 0.6) is 0 Å². The lowest BCUT2D eigenvalue weighted by Gasteiger charge is -2.30. The Labute approximate surface area is 166 Å². The molecule has 4 aromatic rings. The fourth-order valence-electron chi connectivity index (χ4n) is 3.94. The van der Waals surface area contributed by atoms with Gasteiger partial charge in [-0.1, -0.05) is 6.07 Å². The predicted molar refractivity (Wildman–Crippen MR) is 112 cm³/mol. The molecule has 5 nitrogen and oxygen atoms in total. The van der Waals surface area contributed by atoms with E-state index in [4.69, 9.17) is 0 Å². The number of thiophene rings is 1. The number of likely N-dealkylation sites (tertiary alicyclic amines) is 1. The number of anilines is 1. The monoisotopic (exact) mass is 393 g/mol. The highest BCUT2D eigenvalue weighted by Crippen LogP contribution is 2.33. The quantitative estimate of drug-likeness (QED) is 0.553. The average Bonchev–Trinajstić information content (AvgIpc) is 3.08. The van der Waals surface area contributed by atoms with E-state index < -0.39 is 0 Å². The minimum Gasteiger partial charge on any atom is -0.364 e. The van der Waals surface area contributed by atoms with E-state index >= 15 is 0 Å². The molecule has 3 aromatic heterocycles. The summed E-state index contributed by atoms with van der Waals surface area (Å²) in [6, 6.07) is 8.03. The molecule has 28 heavy (non-hydrogen) atoms. The zero-order valence-electron chi connectivity index (χ0n) is 15.5. The van der Waals surface area contributed by atoms with Crippen molar-refractivity contribution in [2.24, 2.45) is 0 Å². The smallest absolute Gasteiger partial charge is 0.158 e. The number of piperidine rings is 1. The maximum atomic E-state index is 13.8. The summed E-state index contributed by atoms with van der Waals surface area (Å²) in [5.74, 6) is 0.596. The van der Waals surface area contributed by atoms with E-state index in [-0.39, 0.29) is 5.82 Å². The number of pyridine rings is 1. The highest BCUT2D eigenvalue weighted by Gasteiger charge is 2.19. The zero-order valence-corrected chi connectivity index (χ0v) is 16.3. The molecule has 7 heteroatoms. The number of hydrogen-bond donors (Lipinski definition) is 1. The van der Waals surface area contributed by atoms with Gasteiger partial charge >= 0.3 is 0 Å². The minimum atomic E-state index is -0.177. The van der Waals surface area contributed by atoms with E-state index in [9.17, 15) is 4.39 Å². The van der Waals surface area contributed by atoms with Crippen LogP contribution in [-0.4, -0.2) is 46.3 Å². The van der Waals surface area contributed by atoms with Gasteiger partial charge in [-0.3, -0.25) is 4.98 Å². The van der Waals surface area contributed by atoms with Crippen LogP contribution in [0, 0.1) is 5.82 Å². The molecule has 1 aliphatic rings. The number of rotatable bonds is 3. The number of fused-ring (bicyclic) bond motifs is 2. The fraction of sp³-hybridized carbons (Fsp3) is 0.286. The second kappa shape index (κ2) is 7.07. The third-order valence-corrected chi connectivity index (χ3v) is 6.26. The summed E-state index contributed by atoms with van der Waals surface area (Å²) in [4.78, 5) is 6.64. The van der Waals surface area contributed by atoms with Crippen molar-refractivity contribution >= 4 is 38.0 Å². The van der Waals surface area contributed by atoms with Crippen molar-refractivity contribution in [3.05, 3.63) is 47.9 Å². The standard InChI is InChI=1S/C21H20FN5S/c1-27-8-2-3-14(11-27)24-21-17-10-23-7-6-15(17)20(25-26-21)13-4-5-16-18(22)12-28-19(16)9-13/h4-7,9-10,12,14H,2-3,8,11H2,1H3,(H,24,26)/t14-/m1/s1. The van der Waals surface area contributed by atoms with Crippen LogP contribution in [0.15, 0.2) is 42.0 Å². The van der Waals surface area contributed by atoms with E-state index in [0.29, 0.717) is 11.4 Å². The Morgan fingerprint density at radius 3 is 3.00 bits per heavy atom. The third kappa shape index (κ3) is 3.10. The Hall–Kier alpha value is -2.64. The lowest BCUT2D eigenvalue weighted by molar-refractivity contribution is 0.261. The molecule has 0 unspecified atom stereocenters. The van der Waals surface area contributed by atoms with Gasteiger partial charge in [0.25, 0.3) is 0 Å². The molecular formula is C21H20FN5S. The van der Waals surface area contributed by atoms with Gasteiger partial charge in [0.1, 0.15) is 11.5 Å². The van der Waals surface area contributed by atoms with Crippen molar-refractivity contribution < 1.29 is 4.39 Å². The summed E-state index contributed by atoms with van der Waals surface area (Å²) in [5.41, 5.74) is 1.72. The summed E-state index contributed by atoms with van der Waals surface area (Å²) in [5, 5.41) is 16.7. The predicted octanol–water partition coefficient (Wildman–Crippen LogP) is 4.55. The Morgan fingerprint density at radius 2 is 2.11 bits per heavy atom. The molecule has 0 aliphatic carbocycles. The van der Waals surface area contributed by atoms with Crippen LogP contribution in [0.25, 0.3) is 32.1 Å². The number of halogens is 1. The number of benzene rings is 1. The number of nitrogens with one attached hydrogen (secondary N) is 1. The van der Waals surface area contributed by atoms with Gasteiger partial charge in [0.2, 0.25) is 0 Å². The molecule has 4 heterocycles. The van der Waals surface area contributed by atoms with Gasteiger partial charge in [-0.05, 0) is 44.6 Å². The van der Waals surface area contributed by atoms with Crippen LogP contribution in [0.1, 0.15) is 12.8 Å². The van der Waals surface area contributed by atoms with Gasteiger partial charge in [-0.15, -0.1) is 21.5 Å². The van der Waals surface area contributed by atoms with Crippen molar-refractivity contribution in [1.29, 1.82) is 0 Å². The highest BCUT2D eigenvalue weighted by molar-refractivity contribution is 7.17. The van der Waals surface area contributed by atoms with Crippen LogP contribution in [0.4, 0.5) is 10.2 Å². The second-order valence-electron chi connectivity index (χ2n) is 7.36. The minimum absolute atomic E-state index is 0.177. The maximum Gasteiger partial charge on any atom is 0.158 e. The Balaban J connectivity index is 1.57. The molecule has 5 rings (SSSR count). The maximum absolute atomic E-state index is 13.8. The molecule has 0 bridgehead atoms. The molecule has 0 radical (unpaired) electrons. The molecule has 1 atom stereocenters. The highest BCUT2D eigenvalue weighted by atomic mass is 32.1. The van der Waals surface area contributed by atoms with Crippen LogP contribution in [-0.2, 0) is 0 Å². The normalized spacial score (nSPS) is 18.0. The molecule has 1 aromatic carbocycles. The Morgan fingerprint density at radius 1 is 1.18 bits per heavy atom. The first-order valence-corrected chi connectivity index (χ1v) is 10.3. The number of nitrogens with zero attached hydrogens (tertiary/aromatic N) is 4. The van der Waals surface area contributed by atoms with Crippen LogP contribution >= 0.6 is 11.3 Å². The second-order valence-corrected chi connectivity index (χ2v) is 8.27. The first-order valence-electron chi connectivity index (χ1n) is 9.41. The van der Waals surface area contributed by atoms with Crippen LogP contribution in [0.2, 0.25) is 0 Å². The van der Waals surface area contributed by atoms with E-state index in [1.165, 1.54) is 23.1 Å². The summed E-state index contributed by atoms with van der Waals surface area (Å²) >= 11 is 1.40. The molecule has 0 amide bonds. The van der Waals surface area contributed by atoms with Gasteiger partial charge in [0.15, 0.2) is 5.82 Å². The first-order chi connectivity index (χ1) is 13.7. The topological polar surface area (TPSA) is 53.9 Å². The SMILES string of the molecule is CN1CCC[C@@H](Nc2nnc(-c3ccc4c(F)csc4c3)c3ccncc23)C1. The zero-order chi connectivity index (χ0) is 19.1. The Kier molecular flexibility index (Phi) is 4.41. The average molecular weight is 393 g/mol. The molecule has 1 fully saturated rings. The van der Waals surface area contributed by atoms with Crippen LogP contribution < -0.4 is 5.32 Å². The van der Waals surface area contributed by atoms with E-state index in [0.717, 1.165) is 52.1 Å². The summed E-state index contributed by atoms with van der Waals surface area (Å²) in [6.45, 7) is 2.13. The van der Waals surface area contributed by atoms with E-state index in [1.54, 1.807) is 6.20 Å². The third-order valence-electron chi connectivity index (χ3n) is 5.35. The first kappa shape index (κ1) is 17.5. The largest absolute Gasteiger partial charge is 0.364 e. The molecule has 142 valence electrons. The van der Waals surface area contributed by atoms with Gasteiger partial charge in [0, 0.05) is 56.8 Å². The lowest BCUT2D eigenvalue weighted by atomic mass is 10.0. The number of hydrogen-bond acceptors (Lipinski definition) is 6. The van der Waals surface area contributed by atoms with Crippen LogP contribution in [0.3, 0.4) is 0 Å². The summed E-state index contributed by atoms with van der Waals surface area (Å²) in [7, 11) is 2.14.